The van der Waals surface area contributed by atoms with E-state index in [0.29, 0.717) is 32.5 Å². The first-order valence-electron chi connectivity index (χ1n) is 12.7. The molecule has 5 rings (SSSR count). The van der Waals surface area contributed by atoms with Gasteiger partial charge in [0.05, 0.1) is 18.9 Å². The second-order valence-corrected chi connectivity index (χ2v) is 10.1. The van der Waals surface area contributed by atoms with Crippen molar-refractivity contribution in [2.75, 3.05) is 51.3 Å². The summed E-state index contributed by atoms with van der Waals surface area (Å²) in [5, 5.41) is 13.2. The number of benzene rings is 1. The number of anilines is 1. The van der Waals surface area contributed by atoms with Crippen LogP contribution in [0.4, 0.5) is 15.3 Å². The Labute approximate surface area is 201 Å². The van der Waals surface area contributed by atoms with Crippen molar-refractivity contribution in [1.29, 1.82) is 0 Å². The van der Waals surface area contributed by atoms with Crippen molar-refractivity contribution in [3.05, 3.63) is 24.3 Å². The first-order valence-corrected chi connectivity index (χ1v) is 12.7. The lowest BCUT2D eigenvalue weighted by Crippen LogP contribution is -2.59. The molecule has 0 unspecified atom stereocenters. The molecule has 4 saturated heterocycles. The van der Waals surface area contributed by atoms with Crippen LogP contribution in [0.2, 0.25) is 0 Å². The van der Waals surface area contributed by atoms with Crippen LogP contribution in [-0.4, -0.2) is 102 Å². The number of fused-ring (bicyclic) bond motifs is 2. The molecule has 1 aromatic rings. The van der Waals surface area contributed by atoms with Gasteiger partial charge in [0, 0.05) is 57.4 Å². The Hall–Kier alpha value is -2.68. The number of amides is 4. The van der Waals surface area contributed by atoms with Crippen LogP contribution in [0.1, 0.15) is 38.5 Å². The van der Waals surface area contributed by atoms with Crippen LogP contribution in [0.3, 0.4) is 0 Å². The number of para-hydroxylation sites is 2. The van der Waals surface area contributed by atoms with Crippen LogP contribution in [-0.2, 0) is 0 Å². The van der Waals surface area contributed by atoms with Gasteiger partial charge in [-0.3, -0.25) is 0 Å². The fourth-order valence-corrected chi connectivity index (χ4v) is 6.23. The molecule has 4 fully saturated rings. The molecule has 0 saturated carbocycles. The van der Waals surface area contributed by atoms with Crippen molar-refractivity contribution in [3.63, 3.8) is 0 Å². The Morgan fingerprint density at radius 2 is 1.68 bits per heavy atom. The van der Waals surface area contributed by atoms with Gasteiger partial charge in [-0.15, -0.1) is 0 Å². The highest BCUT2D eigenvalue weighted by atomic mass is 16.5. The number of rotatable bonds is 3. The van der Waals surface area contributed by atoms with Gasteiger partial charge in [0.2, 0.25) is 0 Å². The van der Waals surface area contributed by atoms with Gasteiger partial charge in [-0.2, -0.15) is 0 Å². The molecule has 4 aliphatic rings. The van der Waals surface area contributed by atoms with Gasteiger partial charge in [0.15, 0.2) is 0 Å². The smallest absolute Gasteiger partial charge is 0.320 e. The number of ether oxygens (including phenoxy) is 1. The van der Waals surface area contributed by atoms with E-state index in [2.05, 4.69) is 16.3 Å². The van der Waals surface area contributed by atoms with Gasteiger partial charge in [0.1, 0.15) is 5.75 Å². The number of piperazine rings is 1. The highest BCUT2D eigenvalue weighted by Gasteiger charge is 2.43. The zero-order chi connectivity index (χ0) is 23.7. The van der Waals surface area contributed by atoms with Crippen LogP contribution in [0.5, 0.6) is 5.75 Å². The minimum Gasteiger partial charge on any atom is -0.495 e. The summed E-state index contributed by atoms with van der Waals surface area (Å²) < 4.78 is 5.50. The highest BCUT2D eigenvalue weighted by Crippen LogP contribution is 2.36. The Morgan fingerprint density at radius 1 is 0.971 bits per heavy atom. The minimum atomic E-state index is -0.284. The maximum atomic E-state index is 13.3. The fraction of sp³-hybridized carbons (Fsp3) is 0.680. The first kappa shape index (κ1) is 23.1. The van der Waals surface area contributed by atoms with Gasteiger partial charge < -0.3 is 34.8 Å². The molecule has 2 N–H and O–H groups in total. The number of urea groups is 2. The molecule has 4 atom stereocenters. The fourth-order valence-electron chi connectivity index (χ4n) is 6.23. The van der Waals surface area contributed by atoms with Gasteiger partial charge in [-0.25, -0.2) is 9.59 Å². The SMILES string of the molecule is COc1ccccc1N1CCN(C(=O)N2CCC[C@H](NC(=O)N3[C@@H]4CC[C@H]3C[C@@H](O)C4)C2)CC1. The van der Waals surface area contributed by atoms with Gasteiger partial charge in [0.25, 0.3) is 0 Å². The third-order valence-corrected chi connectivity index (χ3v) is 7.94. The lowest BCUT2D eigenvalue weighted by atomic mass is 10.0. The normalized spacial score (nSPS) is 29.2. The van der Waals surface area contributed by atoms with E-state index in [1.165, 1.54) is 0 Å². The van der Waals surface area contributed by atoms with E-state index in [9.17, 15) is 14.7 Å². The topological polar surface area (TPSA) is 88.6 Å². The molecule has 9 heteroatoms. The molecule has 0 aliphatic carbocycles. The zero-order valence-electron chi connectivity index (χ0n) is 20.1. The number of nitrogens with one attached hydrogen (secondary N) is 1. The molecule has 2 bridgehead atoms. The number of carbonyl (C=O) groups excluding carboxylic acids is 2. The van der Waals surface area contributed by atoms with Crippen LogP contribution in [0, 0.1) is 0 Å². The summed E-state index contributed by atoms with van der Waals surface area (Å²) >= 11 is 0. The highest BCUT2D eigenvalue weighted by molar-refractivity contribution is 5.77. The molecule has 1 aromatic carbocycles. The Morgan fingerprint density at radius 3 is 2.38 bits per heavy atom. The molecular formula is C25H37N5O4. The van der Waals surface area contributed by atoms with E-state index in [0.717, 1.165) is 56.8 Å². The van der Waals surface area contributed by atoms with Crippen molar-refractivity contribution in [3.8, 4) is 5.75 Å². The molecule has 0 spiro atoms. The molecule has 0 radical (unpaired) electrons. The lowest BCUT2D eigenvalue weighted by Gasteiger charge is -2.42. The monoisotopic (exact) mass is 471 g/mol. The molecule has 9 nitrogen and oxygen atoms in total. The molecule has 4 heterocycles. The van der Waals surface area contributed by atoms with Crippen LogP contribution < -0.4 is 15.0 Å². The first-order chi connectivity index (χ1) is 16.5. The summed E-state index contributed by atoms with van der Waals surface area (Å²) in [5.41, 5.74) is 1.07. The van der Waals surface area contributed by atoms with E-state index < -0.39 is 0 Å². The van der Waals surface area contributed by atoms with Crippen molar-refractivity contribution < 1.29 is 19.4 Å². The maximum Gasteiger partial charge on any atom is 0.320 e. The standard InChI is InChI=1S/C25H37N5O4/c1-34-23-7-3-2-6-22(23)27-11-13-28(14-12-27)25(33)29-10-4-5-18(17-29)26-24(32)30-19-8-9-20(30)16-21(31)15-19/h2-3,6-7,18-21,31H,4-5,8-17H2,1H3,(H,26,32)/t18-,19-,20+,21+/m0/s1. The van der Waals surface area contributed by atoms with Crippen molar-refractivity contribution in [2.45, 2.75) is 62.8 Å². The summed E-state index contributed by atoms with van der Waals surface area (Å²) in [7, 11) is 1.68. The molecule has 186 valence electrons. The molecule has 0 aromatic heterocycles. The van der Waals surface area contributed by atoms with E-state index >= 15 is 0 Å². The molecular weight excluding hydrogens is 434 g/mol. The Bertz CT molecular complexity index is 876. The Kier molecular flexibility index (Phi) is 6.72. The maximum absolute atomic E-state index is 13.3. The quantitative estimate of drug-likeness (QED) is 0.705. The van der Waals surface area contributed by atoms with Crippen LogP contribution in [0.25, 0.3) is 0 Å². The zero-order valence-corrected chi connectivity index (χ0v) is 20.1. The number of hydrogen-bond donors (Lipinski definition) is 2. The summed E-state index contributed by atoms with van der Waals surface area (Å²) in [6.45, 7) is 4.17. The number of hydrogen-bond acceptors (Lipinski definition) is 5. The number of aliphatic hydroxyl groups excluding tert-OH is 1. The second-order valence-electron chi connectivity index (χ2n) is 10.1. The van der Waals surface area contributed by atoms with Crippen molar-refractivity contribution in [2.24, 2.45) is 0 Å². The average molecular weight is 472 g/mol. The van der Waals surface area contributed by atoms with E-state index in [1.54, 1.807) is 7.11 Å². The number of carbonyl (C=O) groups is 2. The van der Waals surface area contributed by atoms with E-state index in [-0.39, 0.29) is 36.3 Å². The molecule has 4 aliphatic heterocycles. The summed E-state index contributed by atoms with van der Waals surface area (Å²) in [4.78, 5) is 34.4. The Balaban J connectivity index is 1.13. The van der Waals surface area contributed by atoms with Gasteiger partial charge in [-0.05, 0) is 50.7 Å². The number of piperidine rings is 2. The minimum absolute atomic E-state index is 0.0219. The third kappa shape index (κ3) is 4.62. The number of nitrogens with zero attached hydrogens (tertiary/aromatic N) is 4. The predicted molar refractivity (Wildman–Crippen MR) is 129 cm³/mol. The predicted octanol–water partition coefficient (Wildman–Crippen LogP) is 2.10. The number of methoxy groups -OCH3 is 1. The summed E-state index contributed by atoms with van der Waals surface area (Å²) in [5.74, 6) is 0.855. The van der Waals surface area contributed by atoms with E-state index in [4.69, 9.17) is 4.74 Å². The molecule has 34 heavy (non-hydrogen) atoms. The van der Waals surface area contributed by atoms with Gasteiger partial charge in [-0.1, -0.05) is 12.1 Å². The average Bonchev–Trinajstić information content (AvgIpc) is 3.15. The van der Waals surface area contributed by atoms with Crippen molar-refractivity contribution in [1.82, 2.24) is 20.0 Å². The van der Waals surface area contributed by atoms with Crippen LogP contribution in [0.15, 0.2) is 24.3 Å². The van der Waals surface area contributed by atoms with E-state index in [1.807, 2.05) is 32.9 Å². The molecule has 4 amide bonds. The van der Waals surface area contributed by atoms with Gasteiger partial charge >= 0.3 is 12.1 Å². The number of aliphatic hydroxyl groups is 1. The van der Waals surface area contributed by atoms with Crippen molar-refractivity contribution >= 4 is 17.7 Å². The third-order valence-electron chi connectivity index (χ3n) is 7.94. The van der Waals surface area contributed by atoms with Crippen LogP contribution >= 0.6 is 0 Å². The summed E-state index contributed by atoms with van der Waals surface area (Å²) in [6, 6.07) is 8.32. The largest absolute Gasteiger partial charge is 0.495 e. The second kappa shape index (κ2) is 9.90. The lowest BCUT2D eigenvalue weighted by molar-refractivity contribution is 0.0522. The number of likely N-dealkylation sites (tertiary alicyclic amines) is 1. The summed E-state index contributed by atoms with van der Waals surface area (Å²) in [6.07, 6.45) is 4.82.